The Kier molecular flexibility index (Phi) is 3.48. The van der Waals surface area contributed by atoms with Gasteiger partial charge in [0.25, 0.3) is 0 Å². The van der Waals surface area contributed by atoms with Crippen LogP contribution in [0.5, 0.6) is 0 Å². The Balaban J connectivity index is 2.74. The summed E-state index contributed by atoms with van der Waals surface area (Å²) in [6.07, 6.45) is 4.66. The third kappa shape index (κ3) is 2.18. The predicted octanol–water partition coefficient (Wildman–Crippen LogP) is 3.57. The molecular weight excluding hydrogens is 171 g/mol. The van der Waals surface area contributed by atoms with Crippen LogP contribution in [0.3, 0.4) is 0 Å². The van der Waals surface area contributed by atoms with Crippen LogP contribution < -0.4 is 0 Å². The first kappa shape index (κ1) is 9.46. The van der Waals surface area contributed by atoms with Crippen molar-refractivity contribution in [2.24, 2.45) is 0 Å². The Bertz CT molecular complexity index is 263. The first-order valence-electron chi connectivity index (χ1n) is 4.16. The van der Waals surface area contributed by atoms with E-state index >= 15 is 0 Å². The number of halogens is 1. The second kappa shape index (κ2) is 4.41. The first-order valence-corrected chi connectivity index (χ1v) is 4.97. The predicted molar refractivity (Wildman–Crippen MR) is 52.2 cm³/mol. The third-order valence-electron chi connectivity index (χ3n) is 1.82. The van der Waals surface area contributed by atoms with Crippen molar-refractivity contribution in [1.82, 2.24) is 0 Å². The van der Waals surface area contributed by atoms with Crippen molar-refractivity contribution in [3.8, 4) is 0 Å². The maximum absolute atomic E-state index is 12.8. The number of aryl methyl sites for hydroxylation is 2. The van der Waals surface area contributed by atoms with E-state index < -0.39 is 0 Å². The number of thiophene rings is 1. The van der Waals surface area contributed by atoms with E-state index in [2.05, 4.69) is 13.5 Å². The minimum absolute atomic E-state index is 0.0640. The van der Waals surface area contributed by atoms with Crippen LogP contribution in [-0.2, 0) is 12.8 Å². The van der Waals surface area contributed by atoms with Gasteiger partial charge in [-0.3, -0.25) is 0 Å². The topological polar surface area (TPSA) is 0 Å². The van der Waals surface area contributed by atoms with E-state index in [4.69, 9.17) is 0 Å². The Morgan fingerprint density at radius 3 is 3.00 bits per heavy atom. The van der Waals surface area contributed by atoms with Gasteiger partial charge in [0.2, 0.25) is 0 Å². The van der Waals surface area contributed by atoms with E-state index in [1.54, 1.807) is 6.07 Å². The first-order chi connectivity index (χ1) is 5.77. The highest BCUT2D eigenvalue weighted by Gasteiger charge is 2.05. The second-order valence-corrected chi connectivity index (χ2v) is 3.77. The highest BCUT2D eigenvalue weighted by Crippen LogP contribution is 2.22. The van der Waals surface area contributed by atoms with Gasteiger partial charge in [-0.25, -0.2) is 0 Å². The van der Waals surface area contributed by atoms with Gasteiger partial charge >= 0.3 is 0 Å². The molecule has 0 aliphatic heterocycles. The lowest BCUT2D eigenvalue weighted by Crippen LogP contribution is -1.84. The molecule has 1 aromatic heterocycles. The summed E-state index contributed by atoms with van der Waals surface area (Å²) < 4.78 is 12.8. The summed E-state index contributed by atoms with van der Waals surface area (Å²) in [6, 6.07) is 1.64. The zero-order chi connectivity index (χ0) is 8.97. The van der Waals surface area contributed by atoms with E-state index in [1.807, 2.05) is 6.08 Å². The molecule has 0 saturated carbocycles. The standard InChI is InChI=1S/C10H13FS/c1-3-5-6-9-8(4-2)7-10(11)12-9/h3,7H,1,4-6H2,2H3. The van der Waals surface area contributed by atoms with Crippen molar-refractivity contribution < 1.29 is 4.39 Å². The molecule has 0 unspecified atom stereocenters. The fourth-order valence-electron chi connectivity index (χ4n) is 1.17. The Labute approximate surface area is 76.7 Å². The monoisotopic (exact) mass is 184 g/mol. The van der Waals surface area contributed by atoms with Gasteiger partial charge in [-0.05, 0) is 30.9 Å². The Hall–Kier alpha value is -0.630. The van der Waals surface area contributed by atoms with E-state index in [-0.39, 0.29) is 5.13 Å². The van der Waals surface area contributed by atoms with Crippen LogP contribution in [0.4, 0.5) is 4.39 Å². The highest BCUT2D eigenvalue weighted by molar-refractivity contribution is 7.10. The van der Waals surface area contributed by atoms with Crippen molar-refractivity contribution in [1.29, 1.82) is 0 Å². The zero-order valence-electron chi connectivity index (χ0n) is 7.27. The second-order valence-electron chi connectivity index (χ2n) is 2.68. The normalized spacial score (nSPS) is 10.2. The molecule has 0 spiro atoms. The average Bonchev–Trinajstić information content (AvgIpc) is 2.42. The van der Waals surface area contributed by atoms with Crippen LogP contribution in [0, 0.1) is 5.13 Å². The maximum Gasteiger partial charge on any atom is 0.176 e. The van der Waals surface area contributed by atoms with Crippen LogP contribution in [0.1, 0.15) is 23.8 Å². The van der Waals surface area contributed by atoms with Crippen molar-refractivity contribution in [2.75, 3.05) is 0 Å². The quantitative estimate of drug-likeness (QED) is 0.627. The number of allylic oxidation sites excluding steroid dienone is 1. The van der Waals surface area contributed by atoms with Crippen LogP contribution in [0.15, 0.2) is 18.7 Å². The molecule has 1 aromatic rings. The van der Waals surface area contributed by atoms with Gasteiger partial charge in [0.05, 0.1) is 0 Å². The molecule has 0 aliphatic rings. The molecule has 0 atom stereocenters. The van der Waals surface area contributed by atoms with Gasteiger partial charge < -0.3 is 0 Å². The van der Waals surface area contributed by atoms with Crippen molar-refractivity contribution in [3.05, 3.63) is 34.3 Å². The van der Waals surface area contributed by atoms with Crippen LogP contribution >= 0.6 is 11.3 Å². The molecule has 1 heterocycles. The number of hydrogen-bond acceptors (Lipinski definition) is 1. The minimum atomic E-state index is -0.0640. The molecular formula is C10H13FS. The van der Waals surface area contributed by atoms with Gasteiger partial charge in [-0.15, -0.1) is 17.9 Å². The summed E-state index contributed by atoms with van der Waals surface area (Å²) in [5.41, 5.74) is 1.15. The summed E-state index contributed by atoms with van der Waals surface area (Å²) in [6.45, 7) is 5.70. The molecule has 66 valence electrons. The van der Waals surface area contributed by atoms with Gasteiger partial charge in [0, 0.05) is 4.88 Å². The van der Waals surface area contributed by atoms with Crippen molar-refractivity contribution in [2.45, 2.75) is 26.2 Å². The Morgan fingerprint density at radius 2 is 2.42 bits per heavy atom. The van der Waals surface area contributed by atoms with Crippen LogP contribution in [0.2, 0.25) is 0 Å². The van der Waals surface area contributed by atoms with Gasteiger partial charge in [0.15, 0.2) is 5.13 Å². The summed E-state index contributed by atoms with van der Waals surface area (Å²) in [7, 11) is 0. The van der Waals surface area contributed by atoms with E-state index in [0.29, 0.717) is 0 Å². The summed E-state index contributed by atoms with van der Waals surface area (Å²) in [5.74, 6) is 0. The fourth-order valence-corrected chi connectivity index (χ4v) is 2.17. The lowest BCUT2D eigenvalue weighted by atomic mass is 10.1. The molecule has 0 amide bonds. The summed E-state index contributed by atoms with van der Waals surface area (Å²) in [4.78, 5) is 1.18. The lowest BCUT2D eigenvalue weighted by Gasteiger charge is -1.96. The molecule has 0 nitrogen and oxygen atoms in total. The fraction of sp³-hybridized carbons (Fsp3) is 0.400. The molecule has 0 fully saturated rings. The van der Waals surface area contributed by atoms with Gasteiger partial charge in [-0.2, -0.15) is 4.39 Å². The molecule has 0 N–H and O–H groups in total. The van der Waals surface area contributed by atoms with Gasteiger partial charge in [-0.1, -0.05) is 13.0 Å². The summed E-state index contributed by atoms with van der Waals surface area (Å²) >= 11 is 1.26. The van der Waals surface area contributed by atoms with E-state index in [9.17, 15) is 4.39 Å². The molecule has 0 aliphatic carbocycles. The molecule has 2 heteroatoms. The highest BCUT2D eigenvalue weighted by atomic mass is 32.1. The van der Waals surface area contributed by atoms with E-state index in [0.717, 1.165) is 24.8 Å². The molecule has 0 aromatic carbocycles. The molecule has 0 bridgehead atoms. The largest absolute Gasteiger partial charge is 0.195 e. The molecule has 1 rings (SSSR count). The SMILES string of the molecule is C=CCCc1sc(F)cc1CC. The number of rotatable bonds is 4. The van der Waals surface area contributed by atoms with Gasteiger partial charge in [0.1, 0.15) is 0 Å². The lowest BCUT2D eigenvalue weighted by molar-refractivity contribution is 0.656. The Morgan fingerprint density at radius 1 is 1.67 bits per heavy atom. The molecule has 0 saturated heterocycles. The molecule has 0 radical (unpaired) electrons. The molecule has 12 heavy (non-hydrogen) atoms. The van der Waals surface area contributed by atoms with E-state index in [1.165, 1.54) is 16.2 Å². The summed E-state index contributed by atoms with van der Waals surface area (Å²) in [5, 5.41) is -0.0640. The minimum Gasteiger partial charge on any atom is -0.195 e. The average molecular weight is 184 g/mol. The maximum atomic E-state index is 12.8. The van der Waals surface area contributed by atoms with Crippen LogP contribution in [0.25, 0.3) is 0 Å². The smallest absolute Gasteiger partial charge is 0.176 e. The van der Waals surface area contributed by atoms with Crippen LogP contribution in [-0.4, -0.2) is 0 Å². The van der Waals surface area contributed by atoms with Crippen molar-refractivity contribution >= 4 is 11.3 Å². The van der Waals surface area contributed by atoms with Crippen molar-refractivity contribution in [3.63, 3.8) is 0 Å². The zero-order valence-corrected chi connectivity index (χ0v) is 8.09. The third-order valence-corrected chi connectivity index (χ3v) is 2.85. The number of hydrogen-bond donors (Lipinski definition) is 0.